The van der Waals surface area contributed by atoms with Crippen molar-refractivity contribution in [2.24, 2.45) is 34.5 Å². The predicted octanol–water partition coefficient (Wildman–Crippen LogP) is 5.19. The molecule has 2 nitrogen and oxygen atoms in total. The van der Waals surface area contributed by atoms with Crippen LogP contribution in [-0.2, 0) is 4.74 Å². The van der Waals surface area contributed by atoms with Crippen molar-refractivity contribution < 1.29 is 9.84 Å². The van der Waals surface area contributed by atoms with Gasteiger partial charge in [-0.3, -0.25) is 0 Å². The highest BCUT2D eigenvalue weighted by Crippen LogP contribution is 2.67. The number of hydrogen-bond acceptors (Lipinski definition) is 2. The summed E-state index contributed by atoms with van der Waals surface area (Å²) in [6, 6.07) is 0. The van der Waals surface area contributed by atoms with E-state index in [0.29, 0.717) is 29.3 Å². The van der Waals surface area contributed by atoms with Crippen LogP contribution < -0.4 is 0 Å². The Morgan fingerprint density at radius 2 is 1.73 bits per heavy atom. The van der Waals surface area contributed by atoms with Crippen molar-refractivity contribution in [3.8, 4) is 11.8 Å². The third-order valence-electron chi connectivity index (χ3n) is 9.61. The maximum absolute atomic E-state index is 11.1. The number of methoxy groups -OCH3 is 1. The first-order chi connectivity index (χ1) is 12.4. The second kappa shape index (κ2) is 6.52. The molecule has 3 unspecified atom stereocenters. The lowest BCUT2D eigenvalue weighted by Gasteiger charge is -2.62. The van der Waals surface area contributed by atoms with Gasteiger partial charge in [-0.25, -0.2) is 0 Å². The lowest BCUT2D eigenvalue weighted by molar-refractivity contribution is -0.155. The van der Waals surface area contributed by atoms with Gasteiger partial charge in [0, 0.05) is 13.5 Å². The van der Waals surface area contributed by atoms with E-state index in [4.69, 9.17) is 4.74 Å². The standard InChI is InChI=1S/C24H38O2/c1-5-6-12-24(25)15-14-22(2)17(16-24)7-8-18-19-9-10-21(26-4)23(19,3)13-11-20(18)22/h17-21,25H,7-16H2,1-4H3/t17?,18-,19-,20+,21?,22-,23-,24?/m0/s1. The molecular weight excluding hydrogens is 320 g/mol. The molecule has 1 N–H and O–H groups in total. The smallest absolute Gasteiger partial charge is 0.0759 e. The van der Waals surface area contributed by atoms with Crippen LogP contribution in [0.2, 0.25) is 0 Å². The molecule has 146 valence electrons. The molecule has 0 heterocycles. The molecular formula is C24H38O2. The van der Waals surface area contributed by atoms with Crippen LogP contribution in [0.25, 0.3) is 0 Å². The summed E-state index contributed by atoms with van der Waals surface area (Å²) in [5.41, 5.74) is 0.310. The predicted molar refractivity (Wildman–Crippen MR) is 106 cm³/mol. The van der Waals surface area contributed by atoms with Gasteiger partial charge in [0.25, 0.3) is 0 Å². The van der Waals surface area contributed by atoms with Crippen LogP contribution in [0.4, 0.5) is 0 Å². The largest absolute Gasteiger partial charge is 0.389 e. The van der Waals surface area contributed by atoms with E-state index in [2.05, 4.69) is 25.7 Å². The summed E-state index contributed by atoms with van der Waals surface area (Å²) >= 11 is 0. The van der Waals surface area contributed by atoms with Crippen LogP contribution in [0.3, 0.4) is 0 Å². The maximum atomic E-state index is 11.1. The summed E-state index contributed by atoms with van der Waals surface area (Å²) in [4.78, 5) is 0. The molecule has 0 aliphatic heterocycles. The molecule has 0 bridgehead atoms. The normalized spacial score (nSPS) is 53.0. The summed E-state index contributed by atoms with van der Waals surface area (Å²) in [5, 5.41) is 11.1. The first kappa shape index (κ1) is 18.8. The van der Waals surface area contributed by atoms with Gasteiger partial charge >= 0.3 is 0 Å². The third kappa shape index (κ3) is 2.68. The Balaban J connectivity index is 1.55. The molecule has 4 aliphatic carbocycles. The topological polar surface area (TPSA) is 29.5 Å². The van der Waals surface area contributed by atoms with Crippen LogP contribution in [0.15, 0.2) is 0 Å². The molecule has 4 rings (SSSR count). The van der Waals surface area contributed by atoms with E-state index >= 15 is 0 Å². The number of hydrogen-bond donors (Lipinski definition) is 1. The van der Waals surface area contributed by atoms with Gasteiger partial charge in [-0.1, -0.05) is 13.8 Å². The molecule has 0 radical (unpaired) electrons. The number of rotatable bonds is 2. The van der Waals surface area contributed by atoms with E-state index in [0.717, 1.165) is 30.6 Å². The van der Waals surface area contributed by atoms with Crippen molar-refractivity contribution in [2.45, 2.75) is 96.7 Å². The van der Waals surface area contributed by atoms with Gasteiger partial charge in [-0.05, 0) is 99.2 Å². The molecule has 0 aromatic carbocycles. The van der Waals surface area contributed by atoms with Gasteiger partial charge in [0.1, 0.15) is 0 Å². The number of ether oxygens (including phenoxy) is 1. The number of fused-ring (bicyclic) bond motifs is 5. The van der Waals surface area contributed by atoms with Crippen LogP contribution in [0.5, 0.6) is 0 Å². The maximum Gasteiger partial charge on any atom is 0.0759 e. The summed E-state index contributed by atoms with van der Waals surface area (Å²) in [7, 11) is 1.92. The summed E-state index contributed by atoms with van der Waals surface area (Å²) < 4.78 is 5.91. The molecule has 0 saturated heterocycles. The highest BCUT2D eigenvalue weighted by molar-refractivity contribution is 5.12. The summed E-state index contributed by atoms with van der Waals surface area (Å²) in [6.07, 6.45) is 12.3. The lowest BCUT2D eigenvalue weighted by Crippen LogP contribution is -2.56. The van der Waals surface area contributed by atoms with Gasteiger partial charge in [0.15, 0.2) is 0 Å². The molecule has 4 aliphatic rings. The monoisotopic (exact) mass is 358 g/mol. The second-order valence-corrected chi connectivity index (χ2v) is 10.5. The Kier molecular flexibility index (Phi) is 4.72. The van der Waals surface area contributed by atoms with E-state index in [1.165, 1.54) is 44.9 Å². The molecule has 4 fully saturated rings. The van der Waals surface area contributed by atoms with Crippen molar-refractivity contribution in [1.82, 2.24) is 0 Å². The van der Waals surface area contributed by atoms with Crippen molar-refractivity contribution in [3.05, 3.63) is 0 Å². The molecule has 26 heavy (non-hydrogen) atoms. The average molecular weight is 359 g/mol. The zero-order valence-corrected chi connectivity index (χ0v) is 17.3. The Hall–Kier alpha value is -0.520. The minimum Gasteiger partial charge on any atom is -0.389 e. The second-order valence-electron chi connectivity index (χ2n) is 10.5. The van der Waals surface area contributed by atoms with E-state index in [9.17, 15) is 5.11 Å². The highest BCUT2D eigenvalue weighted by Gasteiger charge is 2.61. The minimum atomic E-state index is -0.530. The van der Waals surface area contributed by atoms with Gasteiger partial charge < -0.3 is 9.84 Å². The van der Waals surface area contributed by atoms with E-state index in [1.807, 2.05) is 14.0 Å². The Morgan fingerprint density at radius 1 is 0.962 bits per heavy atom. The van der Waals surface area contributed by atoms with Crippen LogP contribution >= 0.6 is 0 Å². The summed E-state index contributed by atoms with van der Waals surface area (Å²) in [5.74, 6) is 9.43. The zero-order chi connectivity index (χ0) is 18.6. The average Bonchev–Trinajstić information content (AvgIpc) is 2.97. The zero-order valence-electron chi connectivity index (χ0n) is 17.3. The molecule has 2 heteroatoms. The van der Waals surface area contributed by atoms with E-state index < -0.39 is 5.60 Å². The van der Waals surface area contributed by atoms with Crippen LogP contribution in [0, 0.1) is 46.3 Å². The van der Waals surface area contributed by atoms with Gasteiger partial charge in [-0.2, -0.15) is 0 Å². The fraction of sp³-hybridized carbons (Fsp3) is 0.917. The molecule has 4 saturated carbocycles. The Morgan fingerprint density at radius 3 is 2.46 bits per heavy atom. The van der Waals surface area contributed by atoms with Crippen molar-refractivity contribution in [3.63, 3.8) is 0 Å². The fourth-order valence-electron chi connectivity index (χ4n) is 8.07. The van der Waals surface area contributed by atoms with Gasteiger partial charge in [0.05, 0.1) is 11.7 Å². The molecule has 8 atom stereocenters. The third-order valence-corrected chi connectivity index (χ3v) is 9.61. The Labute approximate surface area is 160 Å². The fourth-order valence-corrected chi connectivity index (χ4v) is 8.07. The van der Waals surface area contributed by atoms with Gasteiger partial charge in [0.2, 0.25) is 0 Å². The molecule has 0 aromatic heterocycles. The lowest BCUT2D eigenvalue weighted by atomic mass is 9.44. The minimum absolute atomic E-state index is 0.408. The molecule has 0 amide bonds. The highest BCUT2D eigenvalue weighted by atomic mass is 16.5. The van der Waals surface area contributed by atoms with Crippen molar-refractivity contribution in [2.75, 3.05) is 7.11 Å². The van der Waals surface area contributed by atoms with Crippen LogP contribution in [-0.4, -0.2) is 23.9 Å². The van der Waals surface area contributed by atoms with Crippen molar-refractivity contribution in [1.29, 1.82) is 0 Å². The Bertz CT molecular complexity index is 603. The SMILES string of the molecule is CC#CCC1(O)CC[C@@]2(C)C(CC[C@@H]3[C@H]2CC[C@]2(C)C(OC)CC[C@@H]32)C1. The van der Waals surface area contributed by atoms with Crippen molar-refractivity contribution >= 4 is 0 Å². The van der Waals surface area contributed by atoms with E-state index in [1.54, 1.807) is 0 Å². The quantitative estimate of drug-likeness (QED) is 0.689. The van der Waals surface area contributed by atoms with Gasteiger partial charge in [-0.15, -0.1) is 11.8 Å². The first-order valence-electron chi connectivity index (χ1n) is 11.0. The summed E-state index contributed by atoms with van der Waals surface area (Å²) in [6.45, 7) is 6.98. The molecule has 0 spiro atoms. The van der Waals surface area contributed by atoms with Crippen LogP contribution in [0.1, 0.15) is 85.0 Å². The first-order valence-corrected chi connectivity index (χ1v) is 11.0. The molecule has 0 aromatic rings. The van der Waals surface area contributed by atoms with E-state index in [-0.39, 0.29) is 0 Å². The number of aliphatic hydroxyl groups is 1.